The van der Waals surface area contributed by atoms with Crippen molar-refractivity contribution in [2.75, 3.05) is 0 Å². The molecule has 7 atom stereocenters. The number of hydrogen-bond donors (Lipinski definition) is 0. The Bertz CT molecular complexity index is 656. The van der Waals surface area contributed by atoms with Crippen molar-refractivity contribution in [2.24, 2.45) is 34.5 Å². The molecule has 0 bridgehead atoms. The number of carbonyl (C=O) groups is 2. The van der Waals surface area contributed by atoms with Crippen molar-refractivity contribution in [1.29, 1.82) is 0 Å². The lowest BCUT2D eigenvalue weighted by molar-refractivity contribution is -0.181. The molecule has 144 valence electrons. The van der Waals surface area contributed by atoms with E-state index >= 15 is 0 Å². The maximum atomic E-state index is 11.8. The second-order valence-corrected chi connectivity index (χ2v) is 10.1. The van der Waals surface area contributed by atoms with Crippen molar-refractivity contribution in [1.82, 2.24) is 0 Å². The molecule has 0 aliphatic heterocycles. The van der Waals surface area contributed by atoms with Crippen LogP contribution in [0.1, 0.15) is 72.1 Å². The highest BCUT2D eigenvalue weighted by Crippen LogP contribution is 2.67. The summed E-state index contributed by atoms with van der Waals surface area (Å²) in [5.41, 5.74) is 0.983. The SMILES string of the molecule is CC(=O)OC1C[C@@H]2[C@H](CC[C@]3(C)C(Cl)=C(C=O)C[C@@H]23)[C@@]2(C)CCCCC12. The first-order chi connectivity index (χ1) is 12.3. The predicted octanol–water partition coefficient (Wildman–Crippen LogP) is 5.26. The summed E-state index contributed by atoms with van der Waals surface area (Å²) < 4.78 is 5.88. The zero-order valence-corrected chi connectivity index (χ0v) is 17.0. The van der Waals surface area contributed by atoms with Crippen molar-refractivity contribution in [2.45, 2.75) is 78.2 Å². The molecule has 2 unspecified atom stereocenters. The second-order valence-electron chi connectivity index (χ2n) is 9.74. The summed E-state index contributed by atoms with van der Waals surface area (Å²) in [7, 11) is 0. The zero-order chi connectivity index (χ0) is 18.7. The van der Waals surface area contributed by atoms with E-state index in [0.29, 0.717) is 23.7 Å². The van der Waals surface area contributed by atoms with Gasteiger partial charge in [-0.2, -0.15) is 0 Å². The molecule has 0 heterocycles. The molecule has 4 heteroatoms. The highest BCUT2D eigenvalue weighted by molar-refractivity contribution is 6.32. The van der Waals surface area contributed by atoms with Crippen LogP contribution in [-0.2, 0) is 14.3 Å². The van der Waals surface area contributed by atoms with Gasteiger partial charge in [0.05, 0.1) is 0 Å². The summed E-state index contributed by atoms with van der Waals surface area (Å²) in [4.78, 5) is 23.3. The summed E-state index contributed by atoms with van der Waals surface area (Å²) in [5, 5.41) is 0.802. The van der Waals surface area contributed by atoms with E-state index in [0.717, 1.165) is 36.2 Å². The lowest BCUT2D eigenvalue weighted by Crippen LogP contribution is -2.57. The molecular weight excluding hydrogens is 348 g/mol. The van der Waals surface area contributed by atoms with E-state index in [4.69, 9.17) is 16.3 Å². The fraction of sp³-hybridized carbons (Fsp3) is 0.818. The van der Waals surface area contributed by atoms with E-state index in [2.05, 4.69) is 13.8 Å². The van der Waals surface area contributed by atoms with E-state index in [1.165, 1.54) is 39.0 Å². The average molecular weight is 379 g/mol. The molecular formula is C22H31ClO3. The van der Waals surface area contributed by atoms with Crippen molar-refractivity contribution < 1.29 is 14.3 Å². The van der Waals surface area contributed by atoms with Crippen LogP contribution >= 0.6 is 11.6 Å². The first-order valence-electron chi connectivity index (χ1n) is 10.3. The minimum Gasteiger partial charge on any atom is -0.462 e. The molecule has 0 aromatic carbocycles. The molecule has 0 radical (unpaired) electrons. The monoisotopic (exact) mass is 378 g/mol. The molecule has 0 saturated heterocycles. The Morgan fingerprint density at radius 3 is 2.62 bits per heavy atom. The van der Waals surface area contributed by atoms with E-state index in [-0.39, 0.29) is 22.9 Å². The summed E-state index contributed by atoms with van der Waals surface area (Å²) >= 11 is 6.68. The maximum Gasteiger partial charge on any atom is 0.302 e. The van der Waals surface area contributed by atoms with E-state index in [1.807, 2.05) is 0 Å². The summed E-state index contributed by atoms with van der Waals surface area (Å²) in [6.45, 7) is 6.25. The lowest BCUT2D eigenvalue weighted by atomic mass is 9.44. The molecule has 0 amide bonds. The molecule has 0 aromatic rings. The van der Waals surface area contributed by atoms with Gasteiger partial charge in [-0.05, 0) is 61.7 Å². The van der Waals surface area contributed by atoms with Crippen molar-refractivity contribution in [3.05, 3.63) is 10.6 Å². The Labute approximate surface area is 161 Å². The number of hydrogen-bond acceptors (Lipinski definition) is 3. The fourth-order valence-corrected chi connectivity index (χ4v) is 7.79. The zero-order valence-electron chi connectivity index (χ0n) is 16.2. The van der Waals surface area contributed by atoms with Crippen LogP contribution in [0.5, 0.6) is 0 Å². The molecule has 0 aromatic heterocycles. The van der Waals surface area contributed by atoms with E-state index in [9.17, 15) is 9.59 Å². The van der Waals surface area contributed by atoms with Crippen LogP contribution in [-0.4, -0.2) is 18.4 Å². The maximum absolute atomic E-state index is 11.8. The molecule has 3 saturated carbocycles. The Morgan fingerprint density at radius 2 is 1.92 bits per heavy atom. The van der Waals surface area contributed by atoms with Crippen LogP contribution in [0.3, 0.4) is 0 Å². The van der Waals surface area contributed by atoms with Gasteiger partial charge in [0.1, 0.15) is 12.4 Å². The summed E-state index contributed by atoms with van der Waals surface area (Å²) in [6, 6.07) is 0. The highest BCUT2D eigenvalue weighted by atomic mass is 35.5. The minimum absolute atomic E-state index is 0.0282. The number of rotatable bonds is 2. The smallest absolute Gasteiger partial charge is 0.302 e. The van der Waals surface area contributed by atoms with Crippen LogP contribution in [0, 0.1) is 34.5 Å². The molecule has 4 aliphatic rings. The third-order valence-corrected chi connectivity index (χ3v) is 9.31. The van der Waals surface area contributed by atoms with Gasteiger partial charge in [0.25, 0.3) is 0 Å². The van der Waals surface area contributed by atoms with E-state index < -0.39 is 0 Å². The number of halogens is 1. The number of fused-ring (bicyclic) bond motifs is 5. The molecule has 4 rings (SSSR count). The molecule has 3 fully saturated rings. The van der Waals surface area contributed by atoms with Gasteiger partial charge in [-0.25, -0.2) is 0 Å². The highest BCUT2D eigenvalue weighted by Gasteiger charge is 2.61. The molecule has 4 aliphatic carbocycles. The Hall–Kier alpha value is -0.830. The van der Waals surface area contributed by atoms with Gasteiger partial charge in [0.15, 0.2) is 0 Å². The van der Waals surface area contributed by atoms with Crippen LogP contribution in [0.25, 0.3) is 0 Å². The minimum atomic E-state index is -0.156. The van der Waals surface area contributed by atoms with Gasteiger partial charge in [-0.15, -0.1) is 0 Å². The van der Waals surface area contributed by atoms with Crippen molar-refractivity contribution in [3.8, 4) is 0 Å². The van der Waals surface area contributed by atoms with Gasteiger partial charge in [0, 0.05) is 28.9 Å². The van der Waals surface area contributed by atoms with Gasteiger partial charge in [0.2, 0.25) is 0 Å². The fourth-order valence-electron chi connectivity index (χ4n) is 7.43. The number of aldehydes is 1. The number of ether oxygens (including phenoxy) is 1. The van der Waals surface area contributed by atoms with Gasteiger partial charge in [-0.3, -0.25) is 9.59 Å². The first-order valence-corrected chi connectivity index (χ1v) is 10.7. The predicted molar refractivity (Wildman–Crippen MR) is 102 cm³/mol. The Morgan fingerprint density at radius 1 is 1.15 bits per heavy atom. The molecule has 0 spiro atoms. The second kappa shape index (κ2) is 6.36. The normalized spacial score (nSPS) is 47.6. The summed E-state index contributed by atoms with van der Waals surface area (Å²) in [6.07, 6.45) is 9.95. The molecule has 3 nitrogen and oxygen atoms in total. The van der Waals surface area contributed by atoms with Crippen molar-refractivity contribution >= 4 is 23.9 Å². The van der Waals surface area contributed by atoms with Crippen LogP contribution in [0.15, 0.2) is 10.6 Å². The quantitative estimate of drug-likeness (QED) is 0.486. The molecule has 26 heavy (non-hydrogen) atoms. The van der Waals surface area contributed by atoms with E-state index in [1.54, 1.807) is 0 Å². The lowest BCUT2D eigenvalue weighted by Gasteiger charge is -2.61. The standard InChI is InChI=1S/C22H31ClO3/c1-13(25)26-19-11-15-16(21(2)8-5-4-6-17(19)21)7-9-22(3)18(15)10-14(12-24)20(22)23/h12,15-19H,4-11H2,1-3H3/t15-,16+,17?,18+,19?,21-,22+/m1/s1. The third kappa shape index (κ3) is 2.52. The van der Waals surface area contributed by atoms with Gasteiger partial charge >= 0.3 is 5.97 Å². The Kier molecular flexibility index (Phi) is 4.53. The molecule has 0 N–H and O–H groups in total. The first kappa shape index (κ1) is 18.5. The van der Waals surface area contributed by atoms with Gasteiger partial charge < -0.3 is 4.74 Å². The largest absolute Gasteiger partial charge is 0.462 e. The summed E-state index contributed by atoms with van der Waals surface area (Å²) in [5.74, 6) is 1.89. The Balaban J connectivity index is 1.70. The number of carbonyl (C=O) groups excluding carboxylic acids is 2. The third-order valence-electron chi connectivity index (χ3n) is 8.64. The van der Waals surface area contributed by atoms with Crippen LogP contribution in [0.2, 0.25) is 0 Å². The number of esters is 1. The number of allylic oxidation sites excluding steroid dienone is 2. The van der Waals surface area contributed by atoms with Crippen LogP contribution < -0.4 is 0 Å². The average Bonchev–Trinajstić information content (AvgIpc) is 2.85. The van der Waals surface area contributed by atoms with Crippen molar-refractivity contribution in [3.63, 3.8) is 0 Å². The van der Waals surface area contributed by atoms with Crippen LogP contribution in [0.4, 0.5) is 0 Å². The van der Waals surface area contributed by atoms with Gasteiger partial charge in [-0.1, -0.05) is 38.3 Å². The topological polar surface area (TPSA) is 43.4 Å².